The van der Waals surface area contributed by atoms with Gasteiger partial charge in [-0.15, -0.1) is 0 Å². The first kappa shape index (κ1) is 70.3. The summed E-state index contributed by atoms with van der Waals surface area (Å²) in [6.07, 6.45) is 93.3. The van der Waals surface area contributed by atoms with Crippen LogP contribution in [-0.2, 0) is 19.1 Å². The first-order valence-corrected chi connectivity index (χ1v) is 31.1. The van der Waals surface area contributed by atoms with Crippen molar-refractivity contribution in [2.24, 2.45) is 0 Å². The van der Waals surface area contributed by atoms with E-state index in [1.54, 1.807) is 0 Å². The fourth-order valence-electron chi connectivity index (χ4n) is 8.60. The maximum atomic E-state index is 12.3. The van der Waals surface area contributed by atoms with Gasteiger partial charge in [0.05, 0.1) is 6.61 Å². The van der Waals surface area contributed by atoms with Gasteiger partial charge in [0.1, 0.15) is 6.61 Å². The Morgan fingerprint density at radius 2 is 0.581 bits per heavy atom. The second kappa shape index (κ2) is 63.6. The van der Waals surface area contributed by atoms with Crippen molar-refractivity contribution in [1.29, 1.82) is 0 Å². The summed E-state index contributed by atoms with van der Waals surface area (Å²) in [5.41, 5.74) is 0. The highest BCUT2D eigenvalue weighted by atomic mass is 16.6. The van der Waals surface area contributed by atoms with E-state index in [0.717, 1.165) is 103 Å². The molecule has 0 amide bonds. The number of aliphatic hydroxyl groups excluding tert-OH is 1. The van der Waals surface area contributed by atoms with Gasteiger partial charge in [0.2, 0.25) is 0 Å². The molecule has 0 saturated carbocycles. The fourth-order valence-corrected chi connectivity index (χ4v) is 8.60. The zero-order valence-corrected chi connectivity index (χ0v) is 48.3. The Morgan fingerprint density at radius 3 is 0.878 bits per heavy atom. The number of rotatable bonds is 56. The molecule has 1 N–H and O–H groups in total. The highest BCUT2D eigenvalue weighted by Crippen LogP contribution is 2.16. The number of esters is 2. The van der Waals surface area contributed by atoms with E-state index in [1.165, 1.54) is 154 Å². The number of ether oxygens (including phenoxy) is 2. The largest absolute Gasteiger partial charge is 0.462 e. The topological polar surface area (TPSA) is 72.8 Å². The Hall–Kier alpha value is -3.70. The molecule has 0 radical (unpaired) electrons. The van der Waals surface area contributed by atoms with Crippen molar-refractivity contribution >= 4 is 11.9 Å². The van der Waals surface area contributed by atoms with E-state index in [-0.39, 0.29) is 25.2 Å². The lowest BCUT2D eigenvalue weighted by Crippen LogP contribution is -2.28. The van der Waals surface area contributed by atoms with E-state index >= 15 is 0 Å². The number of aliphatic hydroxyl groups is 1. The second-order valence-electron chi connectivity index (χ2n) is 20.4. The Balaban J connectivity index is 3.51. The van der Waals surface area contributed by atoms with Gasteiger partial charge in [-0.25, -0.2) is 0 Å². The van der Waals surface area contributed by atoms with E-state index in [0.29, 0.717) is 12.8 Å². The normalized spacial score (nSPS) is 13.1. The average molecular weight is 1030 g/mol. The summed E-state index contributed by atoms with van der Waals surface area (Å²) < 4.78 is 10.7. The maximum absolute atomic E-state index is 12.3. The predicted molar refractivity (Wildman–Crippen MR) is 325 cm³/mol. The molecule has 0 spiro atoms. The lowest BCUT2D eigenvalue weighted by molar-refractivity contribution is -0.161. The van der Waals surface area contributed by atoms with Crippen molar-refractivity contribution in [2.45, 2.75) is 290 Å². The average Bonchev–Trinajstić information content (AvgIpc) is 3.40. The van der Waals surface area contributed by atoms with E-state index in [4.69, 9.17) is 9.47 Å². The second-order valence-corrected chi connectivity index (χ2v) is 20.4. The number of hydrogen-bond donors (Lipinski definition) is 1. The maximum Gasteiger partial charge on any atom is 0.306 e. The summed E-state index contributed by atoms with van der Waals surface area (Å²) in [6, 6.07) is 0. The molecule has 0 heterocycles. The van der Waals surface area contributed by atoms with Crippen molar-refractivity contribution in [1.82, 2.24) is 0 Å². The lowest BCUT2D eigenvalue weighted by Gasteiger charge is -2.15. The van der Waals surface area contributed by atoms with Crippen LogP contribution in [0.5, 0.6) is 0 Å². The third-order valence-corrected chi connectivity index (χ3v) is 13.2. The minimum absolute atomic E-state index is 0.0759. The van der Waals surface area contributed by atoms with Gasteiger partial charge in [0, 0.05) is 12.8 Å². The summed E-state index contributed by atoms with van der Waals surface area (Å²) in [5, 5.41) is 9.67. The van der Waals surface area contributed by atoms with E-state index in [2.05, 4.69) is 135 Å². The van der Waals surface area contributed by atoms with Crippen LogP contribution < -0.4 is 0 Å². The molecule has 0 bridgehead atoms. The van der Waals surface area contributed by atoms with Crippen LogP contribution in [0.2, 0.25) is 0 Å². The Bertz CT molecular complexity index is 1490. The minimum Gasteiger partial charge on any atom is -0.462 e. The minimum atomic E-state index is -0.784. The zero-order valence-electron chi connectivity index (χ0n) is 48.3. The van der Waals surface area contributed by atoms with Gasteiger partial charge in [0.25, 0.3) is 0 Å². The number of carbonyl (C=O) groups is 2. The van der Waals surface area contributed by atoms with Crippen molar-refractivity contribution in [2.75, 3.05) is 13.2 Å². The van der Waals surface area contributed by atoms with Crippen molar-refractivity contribution in [3.63, 3.8) is 0 Å². The van der Waals surface area contributed by atoms with Gasteiger partial charge in [-0.2, -0.15) is 0 Å². The quantitative estimate of drug-likeness (QED) is 0.0373. The van der Waals surface area contributed by atoms with Gasteiger partial charge in [-0.3, -0.25) is 9.59 Å². The number of carbonyl (C=O) groups excluding carboxylic acids is 2. The Morgan fingerprint density at radius 1 is 0.324 bits per heavy atom. The van der Waals surface area contributed by atoms with E-state index in [9.17, 15) is 14.7 Å². The molecule has 5 heteroatoms. The number of allylic oxidation sites excluding steroid dienone is 20. The van der Waals surface area contributed by atoms with Crippen LogP contribution in [-0.4, -0.2) is 36.4 Å². The van der Waals surface area contributed by atoms with Crippen molar-refractivity contribution in [3.05, 3.63) is 122 Å². The molecule has 0 rings (SSSR count). The summed E-state index contributed by atoms with van der Waals surface area (Å²) in [7, 11) is 0. The third-order valence-electron chi connectivity index (χ3n) is 13.2. The molecular formula is C69H116O5. The molecule has 0 fully saturated rings. The first-order chi connectivity index (χ1) is 36.6. The molecule has 0 aliphatic carbocycles. The van der Waals surface area contributed by atoms with Crippen LogP contribution in [0.3, 0.4) is 0 Å². The highest BCUT2D eigenvalue weighted by molar-refractivity contribution is 5.70. The van der Waals surface area contributed by atoms with Gasteiger partial charge in [0.15, 0.2) is 6.10 Å². The molecule has 1 unspecified atom stereocenters. The molecule has 5 nitrogen and oxygen atoms in total. The summed E-state index contributed by atoms with van der Waals surface area (Å²) in [5.74, 6) is -0.602. The van der Waals surface area contributed by atoms with Crippen LogP contribution in [0, 0.1) is 0 Å². The van der Waals surface area contributed by atoms with Crippen molar-refractivity contribution < 1.29 is 24.2 Å². The van der Waals surface area contributed by atoms with Crippen molar-refractivity contribution in [3.8, 4) is 0 Å². The van der Waals surface area contributed by atoms with E-state index in [1.807, 2.05) is 0 Å². The van der Waals surface area contributed by atoms with E-state index < -0.39 is 6.10 Å². The van der Waals surface area contributed by atoms with Gasteiger partial charge >= 0.3 is 11.9 Å². The molecule has 0 aliphatic rings. The van der Waals surface area contributed by atoms with Gasteiger partial charge < -0.3 is 14.6 Å². The molecule has 1 atom stereocenters. The molecule has 0 aromatic heterocycles. The summed E-state index contributed by atoms with van der Waals surface area (Å²) in [4.78, 5) is 24.6. The molecule has 74 heavy (non-hydrogen) atoms. The van der Waals surface area contributed by atoms with Crippen LogP contribution in [0.15, 0.2) is 122 Å². The first-order valence-electron chi connectivity index (χ1n) is 31.1. The molecule has 0 aromatic rings. The smallest absolute Gasteiger partial charge is 0.306 e. The Labute approximate surface area is 458 Å². The summed E-state index contributed by atoms with van der Waals surface area (Å²) in [6.45, 7) is 4.02. The molecule has 0 aliphatic heterocycles. The number of unbranched alkanes of at least 4 members (excludes halogenated alkanes) is 28. The predicted octanol–water partition coefficient (Wildman–Crippen LogP) is 21.4. The SMILES string of the molecule is CC/C=C\C/C=C\C/C=C\C/C=C\C/C=C\C/C=C\C/C=C\CCCCCCCCCCCCCCCCCCCC(=O)OC(CO)COC(=O)CCCCCCCC/C=C\C/C=C\C/C=C\CCCCCCC. The van der Waals surface area contributed by atoms with Gasteiger partial charge in [-0.05, 0) is 109 Å². The standard InChI is InChI=1S/C69H116O5/c1-3-5-7-9-11-13-15-17-19-21-23-25-26-27-28-29-30-31-32-33-34-35-36-37-38-39-40-41-42-44-46-48-50-52-54-56-58-60-62-64-69(72)74-67(65-70)66-73-68(71)63-61-59-57-55-53-51-49-47-45-43-24-22-20-18-16-14-12-10-8-6-4-2/h5,7,11,13,16-19,22-25,27-28,30-31,33-34,45,47,67,70H,3-4,6,8-10,12,14-15,20-21,26,29,32,35-44,46,48-66H2,1-2H3/b7-5-,13-11-,18-16-,19-17-,24-22-,25-23-,28-27-,31-30-,34-33-,47-45-. The van der Waals surface area contributed by atoms with Crippen LogP contribution in [0.1, 0.15) is 284 Å². The molecule has 0 saturated heterocycles. The van der Waals surface area contributed by atoms with Crippen LogP contribution >= 0.6 is 0 Å². The molecule has 422 valence electrons. The molecule has 0 aromatic carbocycles. The van der Waals surface area contributed by atoms with Crippen LogP contribution in [0.25, 0.3) is 0 Å². The third kappa shape index (κ3) is 60.9. The monoisotopic (exact) mass is 1020 g/mol. The fraction of sp³-hybridized carbons (Fsp3) is 0.681. The lowest BCUT2D eigenvalue weighted by atomic mass is 10.0. The highest BCUT2D eigenvalue weighted by Gasteiger charge is 2.16. The van der Waals surface area contributed by atoms with Gasteiger partial charge in [-0.1, -0.05) is 283 Å². The van der Waals surface area contributed by atoms with Crippen LogP contribution in [0.4, 0.5) is 0 Å². The molecular weight excluding hydrogens is 909 g/mol. The summed E-state index contributed by atoms with van der Waals surface area (Å²) >= 11 is 0. The zero-order chi connectivity index (χ0) is 53.4. The Kier molecular flexibility index (Phi) is 60.4. The number of hydrogen-bond acceptors (Lipinski definition) is 5.